The third kappa shape index (κ3) is 3.16. The Balaban J connectivity index is 2.57. The van der Waals surface area contributed by atoms with Crippen LogP contribution in [-0.4, -0.2) is 26.4 Å². The fraction of sp³-hybridized carbons (Fsp3) is 0.333. The summed E-state index contributed by atoms with van der Waals surface area (Å²) >= 11 is 0. The molecule has 10 heteroatoms. The van der Waals surface area contributed by atoms with Crippen LogP contribution in [0.15, 0.2) is 30.5 Å². The Morgan fingerprint density at radius 3 is 2.07 bits per heavy atom. The molecule has 1 aromatic carbocycles. The normalized spacial score (nSPS) is 13.7. The van der Waals surface area contributed by atoms with Crippen LogP contribution in [0.3, 0.4) is 0 Å². The van der Waals surface area contributed by atoms with Gasteiger partial charge in [0.25, 0.3) is 5.79 Å². The molecule has 4 nitrogen and oxygen atoms in total. The van der Waals surface area contributed by atoms with E-state index in [0.29, 0.717) is 6.07 Å². The first-order valence-corrected chi connectivity index (χ1v) is 8.06. The number of benzene rings is 1. The van der Waals surface area contributed by atoms with E-state index >= 15 is 0 Å². The van der Waals surface area contributed by atoms with Crippen molar-refractivity contribution in [3.63, 3.8) is 0 Å². The maximum absolute atomic E-state index is 13.6. The summed E-state index contributed by atoms with van der Waals surface area (Å²) in [5, 5.41) is 18.6. The molecule has 0 fully saturated rings. The molecule has 0 amide bonds. The first-order chi connectivity index (χ1) is 12.7. The molecule has 2 N–H and O–H groups in total. The van der Waals surface area contributed by atoms with Gasteiger partial charge < -0.3 is 10.2 Å². The van der Waals surface area contributed by atoms with E-state index in [9.17, 15) is 36.6 Å². The molecule has 3 aromatic rings. The summed E-state index contributed by atoms with van der Waals surface area (Å²) < 4.78 is 80.5. The van der Waals surface area contributed by atoms with Gasteiger partial charge in [-0.05, 0) is 30.2 Å². The highest BCUT2D eigenvalue weighted by Gasteiger charge is 2.55. The number of fused-ring (bicyclic) bond motifs is 3. The highest BCUT2D eigenvalue weighted by Crippen LogP contribution is 2.44. The number of nitrogens with zero attached hydrogens (tertiary/aromatic N) is 2. The smallest absolute Gasteiger partial charge is 0.355 e. The zero-order valence-corrected chi connectivity index (χ0v) is 14.5. The molecule has 0 saturated carbocycles. The van der Waals surface area contributed by atoms with Gasteiger partial charge >= 0.3 is 12.4 Å². The van der Waals surface area contributed by atoms with Crippen LogP contribution in [0, 0.1) is 0 Å². The highest BCUT2D eigenvalue weighted by molar-refractivity contribution is 6.06. The van der Waals surface area contributed by atoms with Crippen LogP contribution in [-0.2, 0) is 12.0 Å². The lowest BCUT2D eigenvalue weighted by molar-refractivity contribution is -0.357. The van der Waals surface area contributed by atoms with Gasteiger partial charge in [0, 0.05) is 28.2 Å². The number of hydrogen-bond acceptors (Lipinski definition) is 4. The minimum absolute atomic E-state index is 0.0906. The molecule has 0 saturated heterocycles. The molecule has 0 spiro atoms. The lowest BCUT2D eigenvalue weighted by atomic mass is 9.94. The van der Waals surface area contributed by atoms with Crippen molar-refractivity contribution in [2.24, 2.45) is 0 Å². The monoisotopic (exact) mass is 404 g/mol. The van der Waals surface area contributed by atoms with Crippen LogP contribution >= 0.6 is 0 Å². The summed E-state index contributed by atoms with van der Waals surface area (Å²) in [6, 6.07) is 3.74. The third-order valence-corrected chi connectivity index (χ3v) is 4.35. The molecule has 3 rings (SSSR count). The predicted octanol–water partition coefficient (Wildman–Crippen LogP) is 4.62. The van der Waals surface area contributed by atoms with Gasteiger partial charge in [-0.2, -0.15) is 26.3 Å². The largest absolute Gasteiger partial charge is 0.447 e. The van der Waals surface area contributed by atoms with Crippen LogP contribution in [0.25, 0.3) is 21.8 Å². The Bertz CT molecular complexity index is 1060. The highest BCUT2D eigenvalue weighted by atomic mass is 19.4. The molecule has 2 heterocycles. The molecule has 0 radical (unpaired) electrons. The van der Waals surface area contributed by atoms with Gasteiger partial charge in [0.2, 0.25) is 0 Å². The number of aliphatic hydroxyl groups is 2. The SMILES string of the molecule is CC(C)c1cc(C(F)(F)F)c2cc(C(O)(O)C(F)(F)F)c3ncccc3c2n1. The van der Waals surface area contributed by atoms with Crippen LogP contribution in [0.5, 0.6) is 0 Å². The maximum Gasteiger partial charge on any atom is 0.447 e. The second-order valence-electron chi connectivity index (χ2n) is 6.64. The molecular formula is C18H14F6N2O2. The molecule has 0 aliphatic carbocycles. The molecule has 150 valence electrons. The molecule has 0 aliphatic heterocycles. The number of aromatic nitrogens is 2. The Hall–Kier alpha value is -2.46. The minimum Gasteiger partial charge on any atom is -0.355 e. The van der Waals surface area contributed by atoms with Gasteiger partial charge in [-0.1, -0.05) is 13.8 Å². The van der Waals surface area contributed by atoms with Gasteiger partial charge in [-0.25, -0.2) is 0 Å². The summed E-state index contributed by atoms with van der Waals surface area (Å²) in [6.45, 7) is 3.25. The van der Waals surface area contributed by atoms with Gasteiger partial charge in [-0.3, -0.25) is 9.97 Å². The molecule has 0 unspecified atom stereocenters. The van der Waals surface area contributed by atoms with E-state index in [2.05, 4.69) is 9.97 Å². The fourth-order valence-corrected chi connectivity index (χ4v) is 2.90. The van der Waals surface area contributed by atoms with Crippen molar-refractivity contribution < 1.29 is 36.6 Å². The Labute approximate surface area is 154 Å². The van der Waals surface area contributed by atoms with Crippen molar-refractivity contribution in [2.45, 2.75) is 37.9 Å². The van der Waals surface area contributed by atoms with E-state index in [1.807, 2.05) is 0 Å². The van der Waals surface area contributed by atoms with Crippen LogP contribution in [0.2, 0.25) is 0 Å². The topological polar surface area (TPSA) is 66.2 Å². The first kappa shape index (κ1) is 20.3. The number of halogens is 6. The van der Waals surface area contributed by atoms with Crippen molar-refractivity contribution >= 4 is 21.8 Å². The predicted molar refractivity (Wildman–Crippen MR) is 88.3 cm³/mol. The summed E-state index contributed by atoms with van der Waals surface area (Å²) in [5.74, 6) is -4.78. The van der Waals surface area contributed by atoms with Crippen LogP contribution in [0.4, 0.5) is 26.3 Å². The average molecular weight is 404 g/mol. The number of rotatable bonds is 2. The quantitative estimate of drug-likeness (QED) is 0.372. The molecule has 28 heavy (non-hydrogen) atoms. The molecule has 0 aliphatic rings. The second kappa shape index (κ2) is 6.28. The van der Waals surface area contributed by atoms with Gasteiger partial charge in [0.15, 0.2) is 0 Å². The lowest BCUT2D eigenvalue weighted by Gasteiger charge is -2.26. The van der Waals surface area contributed by atoms with Gasteiger partial charge in [0.1, 0.15) is 0 Å². The second-order valence-corrected chi connectivity index (χ2v) is 6.64. The summed E-state index contributed by atoms with van der Waals surface area (Å²) in [4.78, 5) is 7.91. The van der Waals surface area contributed by atoms with Crippen molar-refractivity contribution in [1.29, 1.82) is 0 Å². The molecule has 2 aromatic heterocycles. The van der Waals surface area contributed by atoms with E-state index in [1.165, 1.54) is 12.1 Å². The Morgan fingerprint density at radius 1 is 0.893 bits per heavy atom. The first-order valence-electron chi connectivity index (χ1n) is 8.06. The van der Waals surface area contributed by atoms with Crippen LogP contribution < -0.4 is 0 Å². The minimum atomic E-state index is -5.56. The number of hydrogen-bond donors (Lipinski definition) is 2. The Kier molecular flexibility index (Phi) is 4.55. The molecule has 0 atom stereocenters. The lowest BCUT2D eigenvalue weighted by Crippen LogP contribution is -2.42. The number of alkyl halides is 6. The summed E-state index contributed by atoms with van der Waals surface area (Å²) in [7, 11) is 0. The Morgan fingerprint density at radius 2 is 1.54 bits per heavy atom. The van der Waals surface area contributed by atoms with Crippen LogP contribution in [0.1, 0.15) is 36.6 Å². The standard InChI is InChI=1S/C18H14F6N2O2/c1-8(2)13-7-11(17(19,20)21)10-6-12(16(27,28)18(22,23)24)15-9(14(10)26-13)4-3-5-25-15/h3-8,27-28H,1-2H3. The zero-order valence-electron chi connectivity index (χ0n) is 14.5. The summed E-state index contributed by atoms with van der Waals surface area (Å²) in [5.41, 5.74) is -3.05. The van der Waals surface area contributed by atoms with E-state index in [4.69, 9.17) is 0 Å². The number of pyridine rings is 2. The van der Waals surface area contributed by atoms with Gasteiger partial charge in [0.05, 0.1) is 16.6 Å². The molecular weight excluding hydrogens is 390 g/mol. The van der Waals surface area contributed by atoms with E-state index < -0.39 is 40.2 Å². The van der Waals surface area contributed by atoms with Crippen molar-refractivity contribution in [1.82, 2.24) is 9.97 Å². The maximum atomic E-state index is 13.6. The van der Waals surface area contributed by atoms with Crippen molar-refractivity contribution in [3.8, 4) is 0 Å². The van der Waals surface area contributed by atoms with Crippen molar-refractivity contribution in [2.75, 3.05) is 0 Å². The van der Waals surface area contributed by atoms with E-state index in [-0.39, 0.29) is 22.5 Å². The van der Waals surface area contributed by atoms with E-state index in [1.54, 1.807) is 13.8 Å². The summed E-state index contributed by atoms with van der Waals surface area (Å²) in [6.07, 6.45) is -9.36. The molecule has 0 bridgehead atoms. The fourth-order valence-electron chi connectivity index (χ4n) is 2.90. The van der Waals surface area contributed by atoms with E-state index in [0.717, 1.165) is 12.3 Å². The van der Waals surface area contributed by atoms with Crippen molar-refractivity contribution in [3.05, 3.63) is 47.3 Å². The average Bonchev–Trinajstić information content (AvgIpc) is 2.58. The third-order valence-electron chi connectivity index (χ3n) is 4.35. The zero-order chi connectivity index (χ0) is 21.1. The van der Waals surface area contributed by atoms with Gasteiger partial charge in [-0.15, -0.1) is 0 Å².